The van der Waals surface area contributed by atoms with E-state index in [-0.39, 0.29) is 0 Å². The summed E-state index contributed by atoms with van der Waals surface area (Å²) in [5.74, 6) is 0. The maximum Gasteiger partial charge on any atom is 0.0673 e. The summed E-state index contributed by atoms with van der Waals surface area (Å²) >= 11 is 0. The fourth-order valence-electron chi connectivity index (χ4n) is 1.57. The smallest absolute Gasteiger partial charge is 0.0673 e. The van der Waals surface area contributed by atoms with Crippen LogP contribution in [0.1, 0.15) is 12.1 Å². The molecular formula is C11H15N3. The third kappa shape index (κ3) is 1.93. The van der Waals surface area contributed by atoms with Crippen LogP contribution < -0.4 is 10.6 Å². The molecule has 14 heavy (non-hydrogen) atoms. The van der Waals surface area contributed by atoms with E-state index < -0.39 is 0 Å². The molecule has 0 aliphatic carbocycles. The molecule has 0 unspecified atom stereocenters. The Kier molecular flexibility index (Phi) is 2.79. The highest BCUT2D eigenvalue weighted by Crippen LogP contribution is 2.15. The standard InChI is InChI=1S/C11H15N3/c1-12-10-4-5-11(14-8-10)9-3-2-6-13-7-9/h3-5,8,12-13H,2,6-7H2,1H3. The predicted octanol–water partition coefficient (Wildman–Crippen LogP) is 1.50. The second-order valence-electron chi connectivity index (χ2n) is 3.38. The van der Waals surface area contributed by atoms with Crippen molar-refractivity contribution in [2.24, 2.45) is 0 Å². The lowest BCUT2D eigenvalue weighted by Gasteiger charge is -2.13. The first-order valence-corrected chi connectivity index (χ1v) is 4.94. The minimum Gasteiger partial charge on any atom is -0.387 e. The zero-order valence-corrected chi connectivity index (χ0v) is 8.38. The van der Waals surface area contributed by atoms with Crippen molar-refractivity contribution in [3.05, 3.63) is 30.1 Å². The van der Waals surface area contributed by atoms with Gasteiger partial charge in [0.1, 0.15) is 0 Å². The third-order valence-electron chi connectivity index (χ3n) is 2.41. The van der Waals surface area contributed by atoms with E-state index in [9.17, 15) is 0 Å². The summed E-state index contributed by atoms with van der Waals surface area (Å²) in [5, 5.41) is 6.40. The second kappa shape index (κ2) is 4.24. The average molecular weight is 189 g/mol. The number of aromatic nitrogens is 1. The Labute approximate surface area is 84.2 Å². The van der Waals surface area contributed by atoms with Crippen molar-refractivity contribution >= 4 is 11.3 Å². The van der Waals surface area contributed by atoms with Gasteiger partial charge >= 0.3 is 0 Å². The number of pyridine rings is 1. The molecule has 0 spiro atoms. The topological polar surface area (TPSA) is 37.0 Å². The molecule has 0 atom stereocenters. The van der Waals surface area contributed by atoms with Gasteiger partial charge in [-0.25, -0.2) is 0 Å². The van der Waals surface area contributed by atoms with Crippen LogP contribution in [0, 0.1) is 0 Å². The third-order valence-corrected chi connectivity index (χ3v) is 2.41. The van der Waals surface area contributed by atoms with Gasteiger partial charge in [-0.3, -0.25) is 4.98 Å². The van der Waals surface area contributed by atoms with Crippen molar-refractivity contribution in [3.8, 4) is 0 Å². The van der Waals surface area contributed by atoms with E-state index >= 15 is 0 Å². The van der Waals surface area contributed by atoms with Gasteiger partial charge < -0.3 is 10.6 Å². The van der Waals surface area contributed by atoms with Crippen LogP contribution in [0.4, 0.5) is 5.69 Å². The van der Waals surface area contributed by atoms with Gasteiger partial charge in [0.25, 0.3) is 0 Å². The molecule has 2 rings (SSSR count). The molecule has 0 fully saturated rings. The molecule has 1 aromatic heterocycles. The Balaban J connectivity index is 2.19. The molecule has 0 bridgehead atoms. The van der Waals surface area contributed by atoms with E-state index in [0.29, 0.717) is 0 Å². The Bertz CT molecular complexity index is 327. The normalized spacial score (nSPS) is 16.2. The van der Waals surface area contributed by atoms with E-state index in [1.54, 1.807) is 0 Å². The molecular weight excluding hydrogens is 174 g/mol. The molecule has 0 radical (unpaired) electrons. The Morgan fingerprint density at radius 1 is 1.43 bits per heavy atom. The molecule has 0 saturated carbocycles. The summed E-state index contributed by atoms with van der Waals surface area (Å²) < 4.78 is 0. The van der Waals surface area contributed by atoms with Gasteiger partial charge in [0.05, 0.1) is 17.6 Å². The lowest BCUT2D eigenvalue weighted by Crippen LogP contribution is -2.21. The zero-order chi connectivity index (χ0) is 9.80. The summed E-state index contributed by atoms with van der Waals surface area (Å²) in [6.45, 7) is 2.02. The first-order valence-electron chi connectivity index (χ1n) is 4.94. The monoisotopic (exact) mass is 189 g/mol. The van der Waals surface area contributed by atoms with Crippen LogP contribution in [0.15, 0.2) is 24.4 Å². The minimum absolute atomic E-state index is 0.936. The van der Waals surface area contributed by atoms with Gasteiger partial charge in [-0.05, 0) is 30.7 Å². The van der Waals surface area contributed by atoms with Gasteiger partial charge in [0.2, 0.25) is 0 Å². The van der Waals surface area contributed by atoms with Crippen molar-refractivity contribution in [2.75, 3.05) is 25.5 Å². The minimum atomic E-state index is 0.936. The molecule has 0 aromatic carbocycles. The van der Waals surface area contributed by atoms with E-state index in [1.165, 1.54) is 5.57 Å². The number of hydrogen-bond donors (Lipinski definition) is 2. The predicted molar refractivity (Wildman–Crippen MR) is 59.2 cm³/mol. The Morgan fingerprint density at radius 3 is 2.93 bits per heavy atom. The SMILES string of the molecule is CNc1ccc(C2=CCCNC2)nc1. The number of hydrogen-bond acceptors (Lipinski definition) is 3. The quantitative estimate of drug-likeness (QED) is 0.740. The average Bonchev–Trinajstić information content (AvgIpc) is 2.30. The Morgan fingerprint density at radius 2 is 2.36 bits per heavy atom. The lowest BCUT2D eigenvalue weighted by molar-refractivity contribution is 0.737. The summed E-state index contributed by atoms with van der Waals surface area (Å²) in [4.78, 5) is 4.40. The van der Waals surface area contributed by atoms with E-state index in [1.807, 2.05) is 13.2 Å². The van der Waals surface area contributed by atoms with Crippen molar-refractivity contribution in [1.29, 1.82) is 0 Å². The van der Waals surface area contributed by atoms with Crippen molar-refractivity contribution < 1.29 is 0 Å². The zero-order valence-electron chi connectivity index (χ0n) is 8.38. The summed E-state index contributed by atoms with van der Waals surface area (Å²) in [7, 11) is 1.90. The highest BCUT2D eigenvalue weighted by atomic mass is 14.9. The molecule has 74 valence electrons. The van der Waals surface area contributed by atoms with Crippen LogP contribution in [-0.4, -0.2) is 25.1 Å². The number of nitrogens with one attached hydrogen (secondary N) is 2. The van der Waals surface area contributed by atoms with Gasteiger partial charge in [0.15, 0.2) is 0 Å². The first-order chi connectivity index (χ1) is 6.90. The number of anilines is 1. The molecule has 2 N–H and O–H groups in total. The summed E-state index contributed by atoms with van der Waals surface area (Å²) in [6.07, 6.45) is 5.23. The van der Waals surface area contributed by atoms with Crippen LogP contribution >= 0.6 is 0 Å². The summed E-state index contributed by atoms with van der Waals surface area (Å²) in [5.41, 5.74) is 3.44. The summed E-state index contributed by atoms with van der Waals surface area (Å²) in [6, 6.07) is 4.11. The van der Waals surface area contributed by atoms with E-state index in [2.05, 4.69) is 33.8 Å². The number of nitrogens with zero attached hydrogens (tertiary/aromatic N) is 1. The fourth-order valence-corrected chi connectivity index (χ4v) is 1.57. The van der Waals surface area contributed by atoms with Gasteiger partial charge in [0, 0.05) is 13.6 Å². The first kappa shape index (κ1) is 9.21. The molecule has 1 aliphatic rings. The molecule has 0 amide bonds. The van der Waals surface area contributed by atoms with Crippen LogP contribution in [0.5, 0.6) is 0 Å². The molecule has 3 heteroatoms. The fraction of sp³-hybridized carbons (Fsp3) is 0.364. The van der Waals surface area contributed by atoms with E-state index in [0.717, 1.165) is 30.9 Å². The van der Waals surface area contributed by atoms with E-state index in [4.69, 9.17) is 0 Å². The highest BCUT2D eigenvalue weighted by molar-refractivity contribution is 5.65. The molecule has 3 nitrogen and oxygen atoms in total. The largest absolute Gasteiger partial charge is 0.387 e. The maximum absolute atomic E-state index is 4.40. The van der Waals surface area contributed by atoms with Crippen LogP contribution in [0.2, 0.25) is 0 Å². The molecule has 0 saturated heterocycles. The molecule has 1 aromatic rings. The van der Waals surface area contributed by atoms with Crippen LogP contribution in [-0.2, 0) is 0 Å². The van der Waals surface area contributed by atoms with Gasteiger partial charge in [-0.2, -0.15) is 0 Å². The van der Waals surface area contributed by atoms with Gasteiger partial charge in [-0.1, -0.05) is 6.08 Å². The molecule has 1 aliphatic heterocycles. The van der Waals surface area contributed by atoms with Crippen LogP contribution in [0.25, 0.3) is 5.57 Å². The second-order valence-corrected chi connectivity index (χ2v) is 3.38. The molecule has 2 heterocycles. The lowest BCUT2D eigenvalue weighted by atomic mass is 10.1. The van der Waals surface area contributed by atoms with Crippen molar-refractivity contribution in [3.63, 3.8) is 0 Å². The van der Waals surface area contributed by atoms with Crippen molar-refractivity contribution in [2.45, 2.75) is 6.42 Å². The highest BCUT2D eigenvalue weighted by Gasteiger charge is 2.05. The Hall–Kier alpha value is -1.35. The maximum atomic E-state index is 4.40. The van der Waals surface area contributed by atoms with Crippen LogP contribution in [0.3, 0.4) is 0 Å². The van der Waals surface area contributed by atoms with Crippen molar-refractivity contribution in [1.82, 2.24) is 10.3 Å². The van der Waals surface area contributed by atoms with Gasteiger partial charge in [-0.15, -0.1) is 0 Å². The number of rotatable bonds is 2.